The summed E-state index contributed by atoms with van der Waals surface area (Å²) >= 11 is 0. The molecule has 0 fully saturated rings. The van der Waals surface area contributed by atoms with Gasteiger partial charge in [0, 0.05) is 24.8 Å². The molecule has 1 atom stereocenters. The number of aromatic nitrogens is 2. The lowest BCUT2D eigenvalue weighted by Gasteiger charge is -2.28. The zero-order valence-electron chi connectivity index (χ0n) is 16.6. The monoisotopic (exact) mass is 388 g/mol. The Morgan fingerprint density at radius 1 is 1.14 bits per heavy atom. The van der Waals surface area contributed by atoms with Gasteiger partial charge in [0.25, 0.3) is 0 Å². The molecule has 2 N–H and O–H groups in total. The molecule has 0 saturated carbocycles. The minimum atomic E-state index is -0.918. The highest BCUT2D eigenvalue weighted by Crippen LogP contribution is 2.45. The summed E-state index contributed by atoms with van der Waals surface area (Å²) in [6.07, 6.45) is 0.564. The Morgan fingerprint density at radius 2 is 1.86 bits per heavy atom. The highest BCUT2D eigenvalue weighted by Gasteiger charge is 2.50. The van der Waals surface area contributed by atoms with Crippen LogP contribution in [0.25, 0.3) is 0 Å². The van der Waals surface area contributed by atoms with Crippen molar-refractivity contribution in [3.8, 4) is 0 Å². The van der Waals surface area contributed by atoms with E-state index in [1.54, 1.807) is 11.9 Å². The second kappa shape index (κ2) is 7.54. The van der Waals surface area contributed by atoms with Crippen LogP contribution in [0.4, 0.5) is 5.69 Å². The third-order valence-electron chi connectivity index (χ3n) is 5.53. The van der Waals surface area contributed by atoms with E-state index in [1.165, 1.54) is 0 Å². The zero-order valence-corrected chi connectivity index (χ0v) is 16.6. The Kier molecular flexibility index (Phi) is 4.92. The van der Waals surface area contributed by atoms with Crippen molar-refractivity contribution in [1.82, 2.24) is 15.5 Å². The molecule has 0 bridgehead atoms. The number of aryl methyl sites for hydroxylation is 1. The normalized spacial score (nSPS) is 18.0. The molecular weight excluding hydrogens is 364 g/mol. The first-order valence-corrected chi connectivity index (χ1v) is 9.69. The van der Waals surface area contributed by atoms with Crippen molar-refractivity contribution >= 4 is 17.5 Å². The quantitative estimate of drug-likeness (QED) is 0.682. The van der Waals surface area contributed by atoms with Crippen LogP contribution in [0.2, 0.25) is 0 Å². The fourth-order valence-electron chi connectivity index (χ4n) is 4.16. The van der Waals surface area contributed by atoms with Gasteiger partial charge < -0.3 is 10.2 Å². The van der Waals surface area contributed by atoms with Crippen molar-refractivity contribution in [2.75, 3.05) is 11.9 Å². The lowest BCUT2D eigenvalue weighted by molar-refractivity contribution is -0.129. The van der Waals surface area contributed by atoms with Crippen LogP contribution in [0.5, 0.6) is 0 Å². The molecule has 3 aromatic rings. The molecule has 2 amide bonds. The molecule has 0 unspecified atom stereocenters. The molecule has 148 valence electrons. The third-order valence-corrected chi connectivity index (χ3v) is 5.53. The number of anilines is 1. The first kappa shape index (κ1) is 18.9. The van der Waals surface area contributed by atoms with Crippen molar-refractivity contribution in [3.63, 3.8) is 0 Å². The first-order valence-electron chi connectivity index (χ1n) is 9.69. The number of fused-ring (bicyclic) bond motifs is 1. The fourth-order valence-corrected chi connectivity index (χ4v) is 4.16. The number of aromatic amines is 1. The van der Waals surface area contributed by atoms with Gasteiger partial charge in [0.1, 0.15) is 0 Å². The van der Waals surface area contributed by atoms with Crippen LogP contribution in [-0.2, 0) is 28.0 Å². The molecule has 29 heavy (non-hydrogen) atoms. The van der Waals surface area contributed by atoms with E-state index in [2.05, 4.69) is 15.5 Å². The lowest BCUT2D eigenvalue weighted by atomic mass is 9.73. The predicted octanol–water partition coefficient (Wildman–Crippen LogP) is 2.88. The molecule has 0 spiro atoms. The maximum atomic E-state index is 13.4. The maximum absolute atomic E-state index is 13.4. The number of rotatable bonds is 6. The van der Waals surface area contributed by atoms with Crippen LogP contribution in [-0.4, -0.2) is 29.1 Å². The van der Waals surface area contributed by atoms with Crippen molar-refractivity contribution in [1.29, 1.82) is 0 Å². The number of nitrogens with zero attached hydrogens (tertiary/aromatic N) is 2. The largest absolute Gasteiger partial charge is 0.350 e. The zero-order chi connectivity index (χ0) is 20.4. The summed E-state index contributed by atoms with van der Waals surface area (Å²) in [5.41, 5.74) is 3.59. The Balaban J connectivity index is 1.64. The summed E-state index contributed by atoms with van der Waals surface area (Å²) in [7, 11) is 1.78. The van der Waals surface area contributed by atoms with Gasteiger partial charge >= 0.3 is 0 Å². The Morgan fingerprint density at radius 3 is 2.59 bits per heavy atom. The van der Waals surface area contributed by atoms with Crippen LogP contribution in [0.3, 0.4) is 0 Å². The summed E-state index contributed by atoms with van der Waals surface area (Å²) < 4.78 is 0. The van der Waals surface area contributed by atoms with Gasteiger partial charge in [-0.15, -0.1) is 0 Å². The van der Waals surface area contributed by atoms with Crippen molar-refractivity contribution in [3.05, 3.63) is 83.2 Å². The van der Waals surface area contributed by atoms with E-state index < -0.39 is 5.41 Å². The summed E-state index contributed by atoms with van der Waals surface area (Å²) in [6, 6.07) is 19.5. The average Bonchev–Trinajstić information content (AvgIpc) is 3.23. The van der Waals surface area contributed by atoms with Crippen LogP contribution in [0, 0.1) is 6.92 Å². The first-order chi connectivity index (χ1) is 14.0. The number of benzene rings is 2. The minimum absolute atomic E-state index is 0.0479. The van der Waals surface area contributed by atoms with E-state index in [0.717, 1.165) is 28.2 Å². The van der Waals surface area contributed by atoms with Gasteiger partial charge in [0.05, 0.1) is 17.7 Å². The molecule has 1 aromatic heterocycles. The summed E-state index contributed by atoms with van der Waals surface area (Å²) in [5.74, 6) is -0.214. The summed E-state index contributed by atoms with van der Waals surface area (Å²) in [4.78, 5) is 28.0. The third kappa shape index (κ3) is 3.53. The lowest BCUT2D eigenvalue weighted by Crippen LogP contribution is -2.44. The number of nitrogens with one attached hydrogen (secondary N) is 2. The molecule has 6 heteroatoms. The highest BCUT2D eigenvalue weighted by molar-refractivity contribution is 6.09. The average molecular weight is 388 g/mol. The Labute approximate surface area is 169 Å². The number of carbonyl (C=O) groups excluding carboxylic acids is 2. The van der Waals surface area contributed by atoms with Crippen LogP contribution in [0.15, 0.2) is 60.7 Å². The fraction of sp³-hybridized carbons (Fsp3) is 0.261. The molecular formula is C23H24N4O2. The van der Waals surface area contributed by atoms with E-state index in [1.807, 2.05) is 67.6 Å². The van der Waals surface area contributed by atoms with Crippen molar-refractivity contribution < 1.29 is 9.59 Å². The SMILES string of the molecule is Cc1cc(CNC(=O)C[C@@]2(Cc3ccccc3)C(=O)N(C)c3ccccc32)n[nH]1. The molecule has 0 saturated heterocycles. The van der Waals surface area contributed by atoms with Crippen molar-refractivity contribution in [2.45, 2.75) is 31.7 Å². The number of amides is 2. The number of para-hydroxylation sites is 1. The number of hydrogen-bond acceptors (Lipinski definition) is 3. The second-order valence-electron chi connectivity index (χ2n) is 7.62. The molecule has 0 aliphatic carbocycles. The molecule has 2 heterocycles. The Hall–Kier alpha value is -3.41. The van der Waals surface area contributed by atoms with Crippen molar-refractivity contribution in [2.24, 2.45) is 0 Å². The van der Waals surface area contributed by atoms with Gasteiger partial charge in [-0.05, 0) is 36.6 Å². The number of hydrogen-bond donors (Lipinski definition) is 2. The van der Waals surface area contributed by atoms with Crippen LogP contribution in [0.1, 0.15) is 28.9 Å². The highest BCUT2D eigenvalue weighted by atomic mass is 16.2. The topological polar surface area (TPSA) is 78.1 Å². The molecule has 1 aliphatic rings. The minimum Gasteiger partial charge on any atom is -0.350 e. The summed E-state index contributed by atoms with van der Waals surface area (Å²) in [6.45, 7) is 2.24. The van der Waals surface area contributed by atoms with Gasteiger partial charge in [-0.3, -0.25) is 14.7 Å². The van der Waals surface area contributed by atoms with E-state index in [0.29, 0.717) is 13.0 Å². The van der Waals surface area contributed by atoms with E-state index >= 15 is 0 Å². The van der Waals surface area contributed by atoms with Gasteiger partial charge in [0.15, 0.2) is 0 Å². The number of H-pyrrole nitrogens is 1. The Bertz CT molecular complexity index is 1040. The molecule has 0 radical (unpaired) electrons. The smallest absolute Gasteiger partial charge is 0.238 e. The molecule has 1 aliphatic heterocycles. The number of carbonyl (C=O) groups is 2. The van der Waals surface area contributed by atoms with Gasteiger partial charge in [-0.1, -0.05) is 48.5 Å². The van der Waals surface area contributed by atoms with Gasteiger partial charge in [-0.25, -0.2) is 0 Å². The van der Waals surface area contributed by atoms with Gasteiger partial charge in [0.2, 0.25) is 11.8 Å². The molecule has 6 nitrogen and oxygen atoms in total. The number of likely N-dealkylation sites (N-methyl/N-ethyl adjacent to an activating group) is 1. The predicted molar refractivity (Wildman–Crippen MR) is 111 cm³/mol. The molecule has 4 rings (SSSR count). The van der Waals surface area contributed by atoms with Crippen LogP contribution >= 0.6 is 0 Å². The van der Waals surface area contributed by atoms with E-state index in [9.17, 15) is 9.59 Å². The van der Waals surface area contributed by atoms with Gasteiger partial charge in [-0.2, -0.15) is 5.10 Å². The second-order valence-corrected chi connectivity index (χ2v) is 7.62. The van der Waals surface area contributed by atoms with E-state index in [-0.39, 0.29) is 18.2 Å². The maximum Gasteiger partial charge on any atom is 0.238 e. The van der Waals surface area contributed by atoms with E-state index in [4.69, 9.17) is 0 Å². The molecule has 2 aromatic carbocycles. The standard InChI is InChI=1S/C23H24N4O2/c1-16-12-18(26-25-16)15-24-21(28)14-23(13-17-8-4-3-5-9-17)19-10-6-7-11-20(19)27(2)22(23)29/h3-12H,13-15H2,1-2H3,(H,24,28)(H,25,26)/t23-/m1/s1. The van der Waals surface area contributed by atoms with Crippen LogP contribution < -0.4 is 10.2 Å². The summed E-state index contributed by atoms with van der Waals surface area (Å²) in [5, 5.41) is 9.95.